The average molecular weight is 310 g/mol. The highest BCUT2D eigenvalue weighted by Crippen LogP contribution is 2.17. The molecule has 1 saturated heterocycles. The van der Waals surface area contributed by atoms with E-state index in [1.807, 2.05) is 5.38 Å². The van der Waals surface area contributed by atoms with E-state index >= 15 is 0 Å². The summed E-state index contributed by atoms with van der Waals surface area (Å²) >= 11 is 1.33. The molecule has 1 aliphatic heterocycles. The van der Waals surface area contributed by atoms with Gasteiger partial charge < -0.3 is 15.0 Å². The second-order valence-corrected chi connectivity index (χ2v) is 5.81. The monoisotopic (exact) mass is 310 g/mol. The van der Waals surface area contributed by atoms with Gasteiger partial charge in [0.2, 0.25) is 5.91 Å². The number of thiophene rings is 1. The summed E-state index contributed by atoms with van der Waals surface area (Å²) in [6.45, 7) is 0.923. The first-order valence-electron chi connectivity index (χ1n) is 6.79. The largest absolute Gasteiger partial charge is 0.469 e. The number of nitrogens with zero attached hydrogens (tertiary/aromatic N) is 1. The second-order valence-electron chi connectivity index (χ2n) is 4.86. The zero-order valence-electron chi connectivity index (χ0n) is 11.8. The Balaban J connectivity index is 1.82. The molecule has 0 aromatic carbocycles. The Hall–Kier alpha value is -1.89. The summed E-state index contributed by atoms with van der Waals surface area (Å²) in [5.41, 5.74) is 0. The van der Waals surface area contributed by atoms with Crippen molar-refractivity contribution in [2.75, 3.05) is 26.7 Å². The van der Waals surface area contributed by atoms with Crippen molar-refractivity contribution < 1.29 is 19.1 Å². The number of piperidine rings is 1. The number of amides is 2. The van der Waals surface area contributed by atoms with Gasteiger partial charge in [-0.2, -0.15) is 0 Å². The SMILES string of the molecule is COC(=O)[C@H]1CCCN(C(=O)CNC(=O)c2cccs2)C1. The van der Waals surface area contributed by atoms with E-state index in [2.05, 4.69) is 5.32 Å². The zero-order chi connectivity index (χ0) is 15.2. The highest BCUT2D eigenvalue weighted by Gasteiger charge is 2.28. The maximum Gasteiger partial charge on any atom is 0.310 e. The molecule has 0 saturated carbocycles. The lowest BCUT2D eigenvalue weighted by Crippen LogP contribution is -2.46. The molecule has 2 amide bonds. The van der Waals surface area contributed by atoms with Crippen LogP contribution < -0.4 is 5.32 Å². The number of carbonyl (C=O) groups is 3. The van der Waals surface area contributed by atoms with Crippen LogP contribution in [0.5, 0.6) is 0 Å². The zero-order valence-corrected chi connectivity index (χ0v) is 12.6. The van der Waals surface area contributed by atoms with Crippen LogP contribution in [0.1, 0.15) is 22.5 Å². The molecule has 7 heteroatoms. The molecule has 0 aliphatic carbocycles. The van der Waals surface area contributed by atoms with E-state index in [-0.39, 0.29) is 30.2 Å². The minimum atomic E-state index is -0.282. The molecule has 1 aromatic rings. The number of rotatable bonds is 4. The molecule has 1 fully saturated rings. The summed E-state index contributed by atoms with van der Waals surface area (Å²) in [6, 6.07) is 3.49. The van der Waals surface area contributed by atoms with Crippen molar-refractivity contribution in [1.29, 1.82) is 0 Å². The molecule has 0 spiro atoms. The lowest BCUT2D eigenvalue weighted by Gasteiger charge is -2.31. The Morgan fingerprint density at radius 3 is 2.95 bits per heavy atom. The van der Waals surface area contributed by atoms with Crippen molar-refractivity contribution in [2.45, 2.75) is 12.8 Å². The lowest BCUT2D eigenvalue weighted by atomic mass is 9.98. The fourth-order valence-corrected chi connectivity index (χ4v) is 2.97. The van der Waals surface area contributed by atoms with Gasteiger partial charge in [-0.15, -0.1) is 11.3 Å². The third kappa shape index (κ3) is 4.04. The van der Waals surface area contributed by atoms with E-state index < -0.39 is 0 Å². The van der Waals surface area contributed by atoms with Gasteiger partial charge in [-0.05, 0) is 24.3 Å². The summed E-state index contributed by atoms with van der Waals surface area (Å²) in [7, 11) is 1.35. The van der Waals surface area contributed by atoms with Crippen molar-refractivity contribution in [1.82, 2.24) is 10.2 Å². The average Bonchev–Trinajstić information content (AvgIpc) is 3.06. The van der Waals surface area contributed by atoms with Gasteiger partial charge >= 0.3 is 5.97 Å². The Labute approximate surface area is 127 Å². The van der Waals surface area contributed by atoms with Crippen molar-refractivity contribution in [3.05, 3.63) is 22.4 Å². The molecule has 2 rings (SSSR count). The van der Waals surface area contributed by atoms with E-state index in [0.717, 1.165) is 12.8 Å². The first-order valence-corrected chi connectivity index (χ1v) is 7.67. The van der Waals surface area contributed by atoms with E-state index in [4.69, 9.17) is 4.74 Å². The van der Waals surface area contributed by atoms with Crippen LogP contribution in [0, 0.1) is 5.92 Å². The van der Waals surface area contributed by atoms with Gasteiger partial charge in [-0.25, -0.2) is 0 Å². The Morgan fingerprint density at radius 1 is 1.48 bits per heavy atom. The summed E-state index contributed by atoms with van der Waals surface area (Å²) < 4.78 is 4.72. The number of hydrogen-bond acceptors (Lipinski definition) is 5. The number of methoxy groups -OCH3 is 1. The molecule has 1 atom stereocenters. The molecular formula is C14H18N2O4S. The van der Waals surface area contributed by atoms with Crippen LogP contribution in [0.15, 0.2) is 17.5 Å². The minimum Gasteiger partial charge on any atom is -0.469 e. The fourth-order valence-electron chi connectivity index (χ4n) is 2.33. The number of hydrogen-bond donors (Lipinski definition) is 1. The predicted molar refractivity (Wildman–Crippen MR) is 78.0 cm³/mol. The van der Waals surface area contributed by atoms with Crippen molar-refractivity contribution in [3.63, 3.8) is 0 Å². The van der Waals surface area contributed by atoms with E-state index in [1.165, 1.54) is 18.4 Å². The van der Waals surface area contributed by atoms with Crippen LogP contribution >= 0.6 is 11.3 Å². The Morgan fingerprint density at radius 2 is 2.29 bits per heavy atom. The number of ether oxygens (including phenoxy) is 1. The fraction of sp³-hybridized carbons (Fsp3) is 0.500. The van der Waals surface area contributed by atoms with Crippen LogP contribution in [0.25, 0.3) is 0 Å². The molecule has 0 radical (unpaired) electrons. The van der Waals surface area contributed by atoms with Crippen LogP contribution in [-0.4, -0.2) is 49.4 Å². The van der Waals surface area contributed by atoms with Gasteiger partial charge in [0.15, 0.2) is 0 Å². The molecule has 2 heterocycles. The standard InChI is InChI=1S/C14H18N2O4S/c1-20-14(19)10-4-2-6-16(9-10)12(17)8-15-13(18)11-5-3-7-21-11/h3,5,7,10H,2,4,6,8-9H2,1H3,(H,15,18)/t10-/m0/s1. The number of carbonyl (C=O) groups excluding carboxylic acids is 3. The highest BCUT2D eigenvalue weighted by molar-refractivity contribution is 7.12. The van der Waals surface area contributed by atoms with Crippen LogP contribution in [0.4, 0.5) is 0 Å². The van der Waals surface area contributed by atoms with Gasteiger partial charge in [0.1, 0.15) is 0 Å². The topological polar surface area (TPSA) is 75.7 Å². The Bertz CT molecular complexity index is 515. The minimum absolute atomic E-state index is 0.0510. The van der Waals surface area contributed by atoms with Gasteiger partial charge in [0.05, 0.1) is 24.4 Å². The summed E-state index contributed by atoms with van der Waals surface area (Å²) in [6.07, 6.45) is 1.50. The van der Waals surface area contributed by atoms with Gasteiger partial charge in [0, 0.05) is 13.1 Å². The van der Waals surface area contributed by atoms with E-state index in [0.29, 0.717) is 18.0 Å². The molecule has 114 valence electrons. The molecule has 21 heavy (non-hydrogen) atoms. The number of nitrogens with one attached hydrogen (secondary N) is 1. The predicted octanol–water partition coefficient (Wildman–Crippen LogP) is 0.889. The third-order valence-electron chi connectivity index (χ3n) is 3.45. The maximum atomic E-state index is 12.1. The van der Waals surface area contributed by atoms with Gasteiger partial charge in [-0.1, -0.05) is 6.07 Å². The highest BCUT2D eigenvalue weighted by atomic mass is 32.1. The first-order chi connectivity index (χ1) is 10.1. The lowest BCUT2D eigenvalue weighted by molar-refractivity contribution is -0.148. The van der Waals surface area contributed by atoms with Gasteiger partial charge in [0.25, 0.3) is 5.91 Å². The van der Waals surface area contributed by atoms with Gasteiger partial charge in [-0.3, -0.25) is 14.4 Å². The first kappa shape index (κ1) is 15.5. The van der Waals surface area contributed by atoms with Crippen LogP contribution in [0.3, 0.4) is 0 Å². The number of likely N-dealkylation sites (tertiary alicyclic amines) is 1. The summed E-state index contributed by atoms with van der Waals surface area (Å²) in [5, 5.41) is 4.41. The van der Waals surface area contributed by atoms with Crippen molar-refractivity contribution in [3.8, 4) is 0 Å². The molecular weight excluding hydrogens is 292 g/mol. The maximum absolute atomic E-state index is 12.1. The second kappa shape index (κ2) is 7.21. The smallest absolute Gasteiger partial charge is 0.310 e. The van der Waals surface area contributed by atoms with E-state index in [1.54, 1.807) is 17.0 Å². The molecule has 1 aromatic heterocycles. The number of esters is 1. The normalized spacial score (nSPS) is 18.1. The van der Waals surface area contributed by atoms with E-state index in [9.17, 15) is 14.4 Å². The van der Waals surface area contributed by atoms with Crippen LogP contribution in [0.2, 0.25) is 0 Å². The summed E-state index contributed by atoms with van der Waals surface area (Å²) in [5.74, 6) is -0.968. The molecule has 1 N–H and O–H groups in total. The molecule has 1 aliphatic rings. The summed E-state index contributed by atoms with van der Waals surface area (Å²) in [4.78, 5) is 37.6. The quantitative estimate of drug-likeness (QED) is 0.838. The molecule has 6 nitrogen and oxygen atoms in total. The molecule has 0 unspecified atom stereocenters. The van der Waals surface area contributed by atoms with Crippen molar-refractivity contribution >= 4 is 29.1 Å². The Kier molecular flexibility index (Phi) is 5.32. The van der Waals surface area contributed by atoms with Crippen LogP contribution in [-0.2, 0) is 14.3 Å². The third-order valence-corrected chi connectivity index (χ3v) is 4.32. The van der Waals surface area contributed by atoms with Crippen molar-refractivity contribution in [2.24, 2.45) is 5.92 Å². The molecule has 0 bridgehead atoms.